The second-order valence-electron chi connectivity index (χ2n) is 6.27. The summed E-state index contributed by atoms with van der Waals surface area (Å²) in [6.45, 7) is 0. The first kappa shape index (κ1) is 14.0. The molecule has 0 spiro atoms. The summed E-state index contributed by atoms with van der Waals surface area (Å²) in [5.74, 6) is 0.897. The molecule has 0 aliphatic carbocycles. The number of imidazole rings is 1. The fourth-order valence-electron chi connectivity index (χ4n) is 3.32. The summed E-state index contributed by atoms with van der Waals surface area (Å²) < 4.78 is 0. The highest BCUT2D eigenvalue weighted by molar-refractivity contribution is 5.99. The van der Waals surface area contributed by atoms with Gasteiger partial charge in [0.15, 0.2) is 0 Å². The van der Waals surface area contributed by atoms with Crippen LogP contribution in [0.5, 0.6) is 0 Å². The molecule has 0 fully saturated rings. The summed E-state index contributed by atoms with van der Waals surface area (Å²) in [7, 11) is 0. The van der Waals surface area contributed by atoms with Crippen LogP contribution in [0, 0.1) is 0 Å². The fourth-order valence-corrected chi connectivity index (χ4v) is 3.32. The van der Waals surface area contributed by atoms with Crippen LogP contribution in [0.25, 0.3) is 44.2 Å². The molecule has 0 radical (unpaired) electrons. The van der Waals surface area contributed by atoms with E-state index in [0.717, 1.165) is 22.6 Å². The van der Waals surface area contributed by atoms with E-state index in [1.165, 1.54) is 21.5 Å². The highest BCUT2D eigenvalue weighted by atomic mass is 14.9. The molecule has 0 unspecified atom stereocenters. The summed E-state index contributed by atoms with van der Waals surface area (Å²) in [5, 5.41) is 5.01. The average molecular weight is 320 g/mol. The maximum atomic E-state index is 4.58. The smallest absolute Gasteiger partial charge is 0.137 e. The van der Waals surface area contributed by atoms with Gasteiger partial charge in [-0.05, 0) is 45.3 Å². The van der Waals surface area contributed by atoms with Crippen molar-refractivity contribution in [1.82, 2.24) is 9.97 Å². The normalized spacial score (nSPS) is 11.2. The zero-order valence-electron chi connectivity index (χ0n) is 13.6. The van der Waals surface area contributed by atoms with Gasteiger partial charge in [0.25, 0.3) is 0 Å². The van der Waals surface area contributed by atoms with E-state index in [1.54, 1.807) is 0 Å². The van der Waals surface area contributed by atoms with Crippen LogP contribution in [0.1, 0.15) is 0 Å². The topological polar surface area (TPSA) is 28.7 Å². The molecule has 5 aromatic rings. The number of nitrogens with one attached hydrogen (secondary N) is 1. The van der Waals surface area contributed by atoms with Gasteiger partial charge in [-0.15, -0.1) is 0 Å². The average Bonchev–Trinajstić information content (AvgIpc) is 3.17. The minimum Gasteiger partial charge on any atom is -0.338 e. The third-order valence-electron chi connectivity index (χ3n) is 4.64. The van der Waals surface area contributed by atoms with Crippen molar-refractivity contribution in [2.24, 2.45) is 0 Å². The van der Waals surface area contributed by atoms with Gasteiger partial charge in [-0.3, -0.25) is 0 Å². The lowest BCUT2D eigenvalue weighted by Gasteiger charge is -2.04. The molecule has 0 aliphatic rings. The SMILES string of the molecule is c1ccc(-c2cnc(-c3ccc4cc5ccccc5cc4c3)[nH]2)cc1. The zero-order chi connectivity index (χ0) is 16.6. The Balaban J connectivity index is 1.61. The first-order valence-electron chi connectivity index (χ1n) is 8.40. The van der Waals surface area contributed by atoms with Crippen LogP contribution >= 0.6 is 0 Å². The van der Waals surface area contributed by atoms with E-state index in [0.29, 0.717) is 0 Å². The molecule has 118 valence electrons. The number of aromatic nitrogens is 2. The van der Waals surface area contributed by atoms with E-state index >= 15 is 0 Å². The van der Waals surface area contributed by atoms with Crippen molar-refractivity contribution < 1.29 is 0 Å². The molecule has 0 saturated heterocycles. The monoisotopic (exact) mass is 320 g/mol. The first-order valence-corrected chi connectivity index (χ1v) is 8.40. The highest BCUT2D eigenvalue weighted by Crippen LogP contribution is 2.28. The lowest BCUT2D eigenvalue weighted by atomic mass is 10.0. The molecular formula is C23H16N2. The van der Waals surface area contributed by atoms with E-state index in [4.69, 9.17) is 0 Å². The van der Waals surface area contributed by atoms with E-state index in [2.05, 4.69) is 76.7 Å². The van der Waals surface area contributed by atoms with Gasteiger partial charge < -0.3 is 4.98 Å². The minimum absolute atomic E-state index is 0.897. The summed E-state index contributed by atoms with van der Waals surface area (Å²) in [5.41, 5.74) is 3.28. The third-order valence-corrected chi connectivity index (χ3v) is 4.64. The van der Waals surface area contributed by atoms with Gasteiger partial charge in [0.05, 0.1) is 11.9 Å². The van der Waals surface area contributed by atoms with E-state index < -0.39 is 0 Å². The number of nitrogens with zero attached hydrogens (tertiary/aromatic N) is 1. The molecule has 1 heterocycles. The third kappa shape index (κ3) is 2.48. The predicted molar refractivity (Wildman–Crippen MR) is 104 cm³/mol. The molecule has 1 aromatic heterocycles. The van der Waals surface area contributed by atoms with Crippen LogP contribution in [-0.2, 0) is 0 Å². The quantitative estimate of drug-likeness (QED) is 0.394. The van der Waals surface area contributed by atoms with Crippen LogP contribution in [0.2, 0.25) is 0 Å². The maximum absolute atomic E-state index is 4.58. The summed E-state index contributed by atoms with van der Waals surface area (Å²) >= 11 is 0. The van der Waals surface area contributed by atoms with Crippen LogP contribution in [-0.4, -0.2) is 9.97 Å². The lowest BCUT2D eigenvalue weighted by molar-refractivity contribution is 1.31. The fraction of sp³-hybridized carbons (Fsp3) is 0. The minimum atomic E-state index is 0.897. The van der Waals surface area contributed by atoms with Gasteiger partial charge in [-0.2, -0.15) is 0 Å². The molecule has 0 amide bonds. The molecule has 0 aliphatic heterocycles. The Labute approximate surface area is 145 Å². The van der Waals surface area contributed by atoms with Crippen LogP contribution in [0.3, 0.4) is 0 Å². The Morgan fingerprint density at radius 2 is 1.24 bits per heavy atom. The first-order chi connectivity index (χ1) is 12.4. The van der Waals surface area contributed by atoms with E-state index in [-0.39, 0.29) is 0 Å². The largest absolute Gasteiger partial charge is 0.338 e. The van der Waals surface area contributed by atoms with Crippen LogP contribution in [0.4, 0.5) is 0 Å². The van der Waals surface area contributed by atoms with Gasteiger partial charge in [0.2, 0.25) is 0 Å². The number of rotatable bonds is 2. The second-order valence-corrected chi connectivity index (χ2v) is 6.27. The van der Waals surface area contributed by atoms with Crippen molar-refractivity contribution in [3.8, 4) is 22.6 Å². The Morgan fingerprint density at radius 3 is 2.04 bits per heavy atom. The maximum Gasteiger partial charge on any atom is 0.137 e. The van der Waals surface area contributed by atoms with Gasteiger partial charge >= 0.3 is 0 Å². The molecule has 1 N–H and O–H groups in total. The van der Waals surface area contributed by atoms with Crippen molar-refractivity contribution >= 4 is 21.5 Å². The van der Waals surface area contributed by atoms with Gasteiger partial charge in [-0.25, -0.2) is 4.98 Å². The standard InChI is InChI=1S/C23H16N2/c1-2-6-16(7-3-1)22-15-24-23(25-22)20-11-10-19-12-17-8-4-5-9-18(17)13-21(19)14-20/h1-15H,(H,24,25). The Kier molecular flexibility index (Phi) is 3.14. The molecule has 0 atom stereocenters. The number of aromatic amines is 1. The second kappa shape index (κ2) is 5.60. The summed E-state index contributed by atoms with van der Waals surface area (Å²) in [6, 6.07) is 29.7. The molecule has 5 rings (SSSR count). The molecule has 25 heavy (non-hydrogen) atoms. The predicted octanol–water partition coefficient (Wildman–Crippen LogP) is 6.05. The van der Waals surface area contributed by atoms with Crippen LogP contribution < -0.4 is 0 Å². The molecular weight excluding hydrogens is 304 g/mol. The van der Waals surface area contributed by atoms with Crippen molar-refractivity contribution in [3.63, 3.8) is 0 Å². The molecule has 0 bridgehead atoms. The lowest BCUT2D eigenvalue weighted by Crippen LogP contribution is -1.83. The summed E-state index contributed by atoms with van der Waals surface area (Å²) in [6.07, 6.45) is 1.90. The number of benzene rings is 4. The Bertz CT molecular complexity index is 1190. The number of hydrogen-bond donors (Lipinski definition) is 1. The number of hydrogen-bond acceptors (Lipinski definition) is 1. The highest BCUT2D eigenvalue weighted by Gasteiger charge is 2.07. The zero-order valence-corrected chi connectivity index (χ0v) is 13.6. The van der Waals surface area contributed by atoms with E-state index in [1.807, 2.05) is 24.4 Å². The molecule has 0 saturated carbocycles. The van der Waals surface area contributed by atoms with Gasteiger partial charge in [0, 0.05) is 5.56 Å². The Morgan fingerprint density at radius 1 is 0.560 bits per heavy atom. The van der Waals surface area contributed by atoms with Crippen molar-refractivity contribution in [1.29, 1.82) is 0 Å². The van der Waals surface area contributed by atoms with E-state index in [9.17, 15) is 0 Å². The van der Waals surface area contributed by atoms with Gasteiger partial charge in [0.1, 0.15) is 5.82 Å². The van der Waals surface area contributed by atoms with Crippen molar-refractivity contribution in [2.75, 3.05) is 0 Å². The van der Waals surface area contributed by atoms with Crippen molar-refractivity contribution in [3.05, 3.63) is 91.1 Å². The molecule has 4 aromatic carbocycles. The Hall–Kier alpha value is -3.39. The molecule has 2 nitrogen and oxygen atoms in total. The molecule has 2 heteroatoms. The van der Waals surface area contributed by atoms with Crippen LogP contribution in [0.15, 0.2) is 91.1 Å². The summed E-state index contributed by atoms with van der Waals surface area (Å²) in [4.78, 5) is 8.01. The number of fused-ring (bicyclic) bond motifs is 2. The van der Waals surface area contributed by atoms with Gasteiger partial charge in [-0.1, -0.05) is 66.7 Å². The van der Waals surface area contributed by atoms with Crippen molar-refractivity contribution in [2.45, 2.75) is 0 Å². The number of H-pyrrole nitrogens is 1.